The van der Waals surface area contributed by atoms with E-state index in [9.17, 15) is 5.11 Å². The largest absolute Gasteiger partial charge is 0.385 e. The molecule has 0 fully saturated rings. The molecule has 0 aliphatic carbocycles. The highest BCUT2D eigenvalue weighted by atomic mass is 35.5. The second kappa shape index (κ2) is 5.69. The average molecular weight is 269 g/mol. The summed E-state index contributed by atoms with van der Waals surface area (Å²) in [5, 5.41) is 10.4. The molecule has 98 valence electrons. The molecule has 18 heavy (non-hydrogen) atoms. The maximum absolute atomic E-state index is 9.77. The van der Waals surface area contributed by atoms with Crippen molar-refractivity contribution in [3.63, 3.8) is 0 Å². The Labute approximate surface area is 111 Å². The highest BCUT2D eigenvalue weighted by Gasteiger charge is 2.14. The molecule has 0 saturated heterocycles. The molecule has 1 aromatic heterocycles. The van der Waals surface area contributed by atoms with Crippen LogP contribution in [-0.4, -0.2) is 27.9 Å². The fourth-order valence-corrected chi connectivity index (χ4v) is 2.13. The molecular weight excluding hydrogens is 252 g/mol. The normalized spacial score (nSPS) is 13.1. The number of rotatable bonds is 5. The molecule has 0 amide bonds. The fraction of sp³-hybridized carbons (Fsp3) is 0.462. The fourth-order valence-electron chi connectivity index (χ4n) is 1.97. The smallest absolute Gasteiger partial charge is 0.138 e. The summed E-state index contributed by atoms with van der Waals surface area (Å²) >= 11 is 6.01. The van der Waals surface area contributed by atoms with Gasteiger partial charge in [0.2, 0.25) is 0 Å². The molecule has 0 spiro atoms. The van der Waals surface area contributed by atoms with Gasteiger partial charge in [-0.1, -0.05) is 11.6 Å². The van der Waals surface area contributed by atoms with E-state index < -0.39 is 6.10 Å². The average Bonchev–Trinajstić information content (AvgIpc) is 2.68. The number of halogens is 1. The molecule has 2 aromatic rings. The predicted molar refractivity (Wildman–Crippen MR) is 71.9 cm³/mol. The Morgan fingerprint density at radius 3 is 2.94 bits per heavy atom. The number of hydrogen-bond donors (Lipinski definition) is 1. The molecule has 0 aliphatic rings. The van der Waals surface area contributed by atoms with Crippen LogP contribution in [0.2, 0.25) is 5.02 Å². The standard InChI is InChI=1S/C13H17ClN2O2/c1-3-18-7-6-16-12-8-10(14)4-5-11(12)15-13(16)9(2)17/h4-5,8-9,17H,3,6-7H2,1-2H3. The van der Waals surface area contributed by atoms with Gasteiger partial charge < -0.3 is 14.4 Å². The van der Waals surface area contributed by atoms with Crippen molar-refractivity contribution in [1.29, 1.82) is 0 Å². The third-order valence-electron chi connectivity index (χ3n) is 2.78. The Balaban J connectivity index is 2.43. The lowest BCUT2D eigenvalue weighted by Crippen LogP contribution is -2.11. The molecule has 0 aliphatic heterocycles. The molecular formula is C13H17ClN2O2. The summed E-state index contributed by atoms with van der Waals surface area (Å²) in [6.45, 7) is 5.59. The van der Waals surface area contributed by atoms with Gasteiger partial charge in [0.1, 0.15) is 11.9 Å². The Morgan fingerprint density at radius 2 is 2.28 bits per heavy atom. The van der Waals surface area contributed by atoms with Gasteiger partial charge in [-0.15, -0.1) is 0 Å². The third-order valence-corrected chi connectivity index (χ3v) is 3.01. The maximum Gasteiger partial charge on any atom is 0.138 e. The molecule has 0 saturated carbocycles. The van der Waals surface area contributed by atoms with Crippen LogP contribution in [0.25, 0.3) is 11.0 Å². The summed E-state index contributed by atoms with van der Waals surface area (Å²) in [5.41, 5.74) is 1.77. The van der Waals surface area contributed by atoms with Crippen molar-refractivity contribution in [2.24, 2.45) is 0 Å². The van der Waals surface area contributed by atoms with Crippen molar-refractivity contribution in [3.8, 4) is 0 Å². The van der Waals surface area contributed by atoms with E-state index in [2.05, 4.69) is 4.98 Å². The molecule has 5 heteroatoms. The van der Waals surface area contributed by atoms with E-state index in [1.165, 1.54) is 0 Å². The van der Waals surface area contributed by atoms with Crippen LogP contribution in [0.3, 0.4) is 0 Å². The van der Waals surface area contributed by atoms with Crippen LogP contribution in [0.1, 0.15) is 25.8 Å². The lowest BCUT2D eigenvalue weighted by atomic mass is 10.3. The Bertz CT molecular complexity index is 537. The van der Waals surface area contributed by atoms with Gasteiger partial charge in [-0.2, -0.15) is 0 Å². The van der Waals surface area contributed by atoms with Gasteiger partial charge >= 0.3 is 0 Å². The van der Waals surface area contributed by atoms with Crippen LogP contribution < -0.4 is 0 Å². The van der Waals surface area contributed by atoms with Crippen LogP contribution in [0.5, 0.6) is 0 Å². The second-order valence-electron chi connectivity index (χ2n) is 4.13. The monoisotopic (exact) mass is 268 g/mol. The lowest BCUT2D eigenvalue weighted by Gasteiger charge is -2.10. The predicted octanol–water partition coefficient (Wildman–Crippen LogP) is 2.78. The first kappa shape index (κ1) is 13.3. The number of imidazole rings is 1. The highest BCUT2D eigenvalue weighted by Crippen LogP contribution is 2.23. The maximum atomic E-state index is 9.77. The second-order valence-corrected chi connectivity index (χ2v) is 4.56. The number of aromatic nitrogens is 2. The van der Waals surface area contributed by atoms with Crippen LogP contribution >= 0.6 is 11.6 Å². The van der Waals surface area contributed by atoms with Crippen LogP contribution in [0, 0.1) is 0 Å². The number of fused-ring (bicyclic) bond motifs is 1. The van der Waals surface area contributed by atoms with Crippen molar-refractivity contribution in [2.45, 2.75) is 26.5 Å². The topological polar surface area (TPSA) is 47.3 Å². The number of benzene rings is 1. The van der Waals surface area contributed by atoms with Gasteiger partial charge in [-0.3, -0.25) is 0 Å². The van der Waals surface area contributed by atoms with E-state index in [1.54, 1.807) is 13.0 Å². The molecule has 1 N–H and O–H groups in total. The quantitative estimate of drug-likeness (QED) is 0.849. The SMILES string of the molecule is CCOCCn1c(C(C)O)nc2ccc(Cl)cc21. The molecule has 1 atom stereocenters. The first-order valence-electron chi connectivity index (χ1n) is 6.05. The molecule has 1 unspecified atom stereocenters. The molecule has 2 rings (SSSR count). The summed E-state index contributed by atoms with van der Waals surface area (Å²) in [6, 6.07) is 5.53. The summed E-state index contributed by atoms with van der Waals surface area (Å²) in [7, 11) is 0. The number of aliphatic hydroxyl groups is 1. The van der Waals surface area contributed by atoms with Crippen LogP contribution in [-0.2, 0) is 11.3 Å². The van der Waals surface area contributed by atoms with Gasteiger partial charge in [0.05, 0.1) is 17.6 Å². The van der Waals surface area contributed by atoms with Gasteiger partial charge in [-0.25, -0.2) is 4.98 Å². The number of nitrogens with zero attached hydrogens (tertiary/aromatic N) is 2. The minimum atomic E-state index is -0.613. The van der Waals surface area contributed by atoms with Crippen molar-refractivity contribution < 1.29 is 9.84 Å². The lowest BCUT2D eigenvalue weighted by molar-refractivity contribution is 0.134. The van der Waals surface area contributed by atoms with E-state index >= 15 is 0 Å². The van der Waals surface area contributed by atoms with E-state index in [0.717, 1.165) is 11.0 Å². The Kier molecular flexibility index (Phi) is 4.22. The zero-order valence-electron chi connectivity index (χ0n) is 10.6. The van der Waals surface area contributed by atoms with Crippen molar-refractivity contribution in [1.82, 2.24) is 9.55 Å². The summed E-state index contributed by atoms with van der Waals surface area (Å²) < 4.78 is 7.32. The van der Waals surface area contributed by atoms with E-state index in [-0.39, 0.29) is 0 Å². The summed E-state index contributed by atoms with van der Waals surface area (Å²) in [6.07, 6.45) is -0.613. The molecule has 0 radical (unpaired) electrons. The first-order valence-corrected chi connectivity index (χ1v) is 6.42. The van der Waals surface area contributed by atoms with E-state index in [4.69, 9.17) is 16.3 Å². The molecule has 0 bridgehead atoms. The van der Waals surface area contributed by atoms with E-state index in [1.807, 2.05) is 23.6 Å². The first-order chi connectivity index (χ1) is 8.63. The third kappa shape index (κ3) is 2.66. The van der Waals surface area contributed by atoms with Crippen molar-refractivity contribution in [3.05, 3.63) is 29.0 Å². The number of aliphatic hydroxyl groups excluding tert-OH is 1. The molecule has 1 heterocycles. The zero-order valence-corrected chi connectivity index (χ0v) is 11.3. The zero-order chi connectivity index (χ0) is 13.1. The van der Waals surface area contributed by atoms with Crippen LogP contribution in [0.15, 0.2) is 18.2 Å². The minimum absolute atomic E-state index is 0.591. The van der Waals surface area contributed by atoms with Crippen molar-refractivity contribution >= 4 is 22.6 Å². The number of hydrogen-bond acceptors (Lipinski definition) is 3. The molecule has 4 nitrogen and oxygen atoms in total. The summed E-state index contributed by atoms with van der Waals surface area (Å²) in [5.74, 6) is 0.645. The van der Waals surface area contributed by atoms with Crippen molar-refractivity contribution in [2.75, 3.05) is 13.2 Å². The number of ether oxygens (including phenoxy) is 1. The Morgan fingerprint density at radius 1 is 1.50 bits per heavy atom. The molecule has 1 aromatic carbocycles. The minimum Gasteiger partial charge on any atom is -0.385 e. The van der Waals surface area contributed by atoms with Crippen LogP contribution in [0.4, 0.5) is 0 Å². The van der Waals surface area contributed by atoms with Gasteiger partial charge in [0.15, 0.2) is 0 Å². The van der Waals surface area contributed by atoms with E-state index in [0.29, 0.717) is 30.6 Å². The van der Waals surface area contributed by atoms with Gasteiger partial charge in [-0.05, 0) is 32.0 Å². The van der Waals surface area contributed by atoms with Gasteiger partial charge in [0.25, 0.3) is 0 Å². The van der Waals surface area contributed by atoms with Gasteiger partial charge in [0, 0.05) is 18.2 Å². The summed E-state index contributed by atoms with van der Waals surface area (Å²) in [4.78, 5) is 4.43. The Hall–Kier alpha value is -1.10. The highest BCUT2D eigenvalue weighted by molar-refractivity contribution is 6.31.